The molecule has 10 heteroatoms. The molecule has 64 heavy (non-hydrogen) atoms. The van der Waals surface area contributed by atoms with Gasteiger partial charge in [0.15, 0.2) is 11.9 Å². The van der Waals surface area contributed by atoms with E-state index in [1.165, 1.54) is 181 Å². The lowest BCUT2D eigenvalue weighted by atomic mass is 9.94. The van der Waals surface area contributed by atoms with E-state index in [2.05, 4.69) is 20.8 Å². The summed E-state index contributed by atoms with van der Waals surface area (Å²) < 4.78 is 21.6. The Bertz CT molecular complexity index is 1060. The smallest absolute Gasteiger partial charge is 0.335 e. The minimum atomic E-state index is -0.787. The largest absolute Gasteiger partial charge is 0.456 e. The van der Waals surface area contributed by atoms with Crippen molar-refractivity contribution in [2.24, 2.45) is 11.8 Å². The van der Waals surface area contributed by atoms with Gasteiger partial charge < -0.3 is 38.7 Å². The highest BCUT2D eigenvalue weighted by Crippen LogP contribution is 2.22. The number of aliphatic hydroxyl groups is 2. The fourth-order valence-corrected chi connectivity index (χ4v) is 7.46. The average Bonchev–Trinajstić information content (AvgIpc) is 4.11. The number of carbonyl (C=O) groups is 4. The number of hydrogen-bond donors (Lipinski definition) is 2. The predicted octanol–water partition coefficient (Wildman–Crippen LogP) is 13.2. The standard InChI is InChI=1S/C26H48O5.C20H40O2.C4H8O2.C4H8O/c1-4-5-6-7-8-11-14-17-24(18-15-12-9-10-13-16-22(2)27)19-29-20-25-21-30-23(3)26(28)31-25;1-3-4-5-6-7-10-13-16-20(18-21)17-14-11-8-9-12-15-19(2)22;1-3(5)4(2)6;1-2-4-3-5-4/h23-25H,4-21H2,1-3H3;20-21H,3-18H2,1-2H3;3,5H,1-2H3;4H,2-3H2,1H3. The van der Waals surface area contributed by atoms with Crippen molar-refractivity contribution in [3.63, 3.8) is 0 Å². The topological polar surface area (TPSA) is 149 Å². The van der Waals surface area contributed by atoms with Crippen LogP contribution in [0.4, 0.5) is 0 Å². The summed E-state index contributed by atoms with van der Waals surface area (Å²) in [7, 11) is 0. The van der Waals surface area contributed by atoms with Crippen molar-refractivity contribution in [1.29, 1.82) is 0 Å². The first-order chi connectivity index (χ1) is 30.8. The van der Waals surface area contributed by atoms with E-state index in [1.54, 1.807) is 20.8 Å². The molecule has 2 heterocycles. The Morgan fingerprint density at radius 1 is 0.594 bits per heavy atom. The minimum absolute atomic E-state index is 0.185. The van der Waals surface area contributed by atoms with Crippen LogP contribution < -0.4 is 0 Å². The number of ether oxygens (including phenoxy) is 4. The molecule has 0 aromatic carbocycles. The number of aliphatic hydroxyl groups excluding tert-OH is 2. The second-order valence-corrected chi connectivity index (χ2v) is 19.0. The van der Waals surface area contributed by atoms with Crippen molar-refractivity contribution < 1.29 is 48.3 Å². The Morgan fingerprint density at radius 3 is 1.27 bits per heavy atom. The summed E-state index contributed by atoms with van der Waals surface area (Å²) in [6.07, 6.45) is 37.2. The molecule has 2 rings (SSSR count). The number of carbonyl (C=O) groups excluding carboxylic acids is 4. The highest BCUT2D eigenvalue weighted by atomic mass is 16.6. The molecule has 2 aliphatic heterocycles. The molecule has 10 nitrogen and oxygen atoms in total. The maximum atomic E-state index is 11.6. The third kappa shape index (κ3) is 48.2. The summed E-state index contributed by atoms with van der Waals surface area (Å²) in [5, 5.41) is 17.7. The van der Waals surface area contributed by atoms with E-state index >= 15 is 0 Å². The van der Waals surface area contributed by atoms with Crippen LogP contribution in [0.1, 0.15) is 254 Å². The molecule has 2 aliphatic rings. The van der Waals surface area contributed by atoms with Crippen molar-refractivity contribution in [2.45, 2.75) is 279 Å². The van der Waals surface area contributed by atoms with Gasteiger partial charge in [0.1, 0.15) is 23.8 Å². The average molecular weight is 913 g/mol. The third-order valence-electron chi connectivity index (χ3n) is 12.2. The van der Waals surface area contributed by atoms with E-state index in [1.807, 2.05) is 0 Å². The van der Waals surface area contributed by atoms with Crippen molar-refractivity contribution in [1.82, 2.24) is 0 Å². The number of epoxide rings is 1. The van der Waals surface area contributed by atoms with Gasteiger partial charge >= 0.3 is 5.97 Å². The predicted molar refractivity (Wildman–Crippen MR) is 264 cm³/mol. The number of esters is 1. The number of hydrogen-bond acceptors (Lipinski definition) is 10. The fourth-order valence-electron chi connectivity index (χ4n) is 7.46. The number of ketones is 3. The maximum Gasteiger partial charge on any atom is 0.335 e. The molecule has 2 N–H and O–H groups in total. The van der Waals surface area contributed by atoms with Gasteiger partial charge in [-0.25, -0.2) is 4.79 Å². The summed E-state index contributed by atoms with van der Waals surface area (Å²) in [4.78, 5) is 43.4. The summed E-state index contributed by atoms with van der Waals surface area (Å²) in [6, 6.07) is 0. The molecule has 0 spiro atoms. The molecule has 0 radical (unpaired) electrons. The monoisotopic (exact) mass is 913 g/mol. The normalized spacial score (nSPS) is 17.9. The van der Waals surface area contributed by atoms with Gasteiger partial charge in [0, 0.05) is 26.1 Å². The Hall–Kier alpha value is -1.72. The zero-order valence-corrected chi connectivity index (χ0v) is 43.1. The van der Waals surface area contributed by atoms with Gasteiger partial charge in [0.2, 0.25) is 0 Å². The maximum absolute atomic E-state index is 11.6. The van der Waals surface area contributed by atoms with E-state index in [9.17, 15) is 24.3 Å². The van der Waals surface area contributed by atoms with Crippen LogP contribution in [0.15, 0.2) is 0 Å². The van der Waals surface area contributed by atoms with E-state index in [4.69, 9.17) is 24.1 Å². The van der Waals surface area contributed by atoms with Crippen LogP contribution in [0.25, 0.3) is 0 Å². The lowest BCUT2D eigenvalue weighted by Crippen LogP contribution is -2.41. The van der Waals surface area contributed by atoms with Crippen LogP contribution >= 0.6 is 0 Å². The fraction of sp³-hybridized carbons (Fsp3) is 0.926. The Morgan fingerprint density at radius 2 is 0.953 bits per heavy atom. The van der Waals surface area contributed by atoms with E-state index in [0.717, 1.165) is 45.3 Å². The van der Waals surface area contributed by atoms with Gasteiger partial charge in [-0.1, -0.05) is 162 Å². The van der Waals surface area contributed by atoms with Crippen LogP contribution in [-0.2, 0) is 38.1 Å². The van der Waals surface area contributed by atoms with E-state index < -0.39 is 12.2 Å². The van der Waals surface area contributed by atoms with Gasteiger partial charge in [-0.2, -0.15) is 0 Å². The van der Waals surface area contributed by atoms with Crippen LogP contribution in [0.3, 0.4) is 0 Å². The van der Waals surface area contributed by atoms with Gasteiger partial charge in [-0.05, 0) is 91.4 Å². The molecule has 0 bridgehead atoms. The first kappa shape index (κ1) is 64.4. The molecule has 2 fully saturated rings. The Labute approximate surface area is 394 Å². The highest BCUT2D eigenvalue weighted by Gasteiger charge is 2.27. The lowest BCUT2D eigenvalue weighted by Gasteiger charge is -2.27. The second kappa shape index (κ2) is 47.8. The first-order valence-corrected chi connectivity index (χ1v) is 26.6. The molecular weight excluding hydrogens is 809 g/mol. The molecule has 0 aromatic heterocycles. The molecule has 0 aliphatic carbocycles. The Balaban J connectivity index is 0. The summed E-state index contributed by atoms with van der Waals surface area (Å²) >= 11 is 0. The van der Waals surface area contributed by atoms with Crippen molar-refractivity contribution in [2.75, 3.05) is 33.0 Å². The van der Waals surface area contributed by atoms with Crippen molar-refractivity contribution in [3.05, 3.63) is 0 Å². The number of unbranched alkanes of at least 4 members (excludes halogenated alkanes) is 20. The van der Waals surface area contributed by atoms with Crippen LogP contribution in [0.5, 0.6) is 0 Å². The zero-order valence-electron chi connectivity index (χ0n) is 43.1. The molecule has 6 unspecified atom stereocenters. The molecular formula is C54H104O10. The number of Topliss-reactive ketones (excluding diaryl/α,β-unsaturated/α-hetero) is 3. The molecule has 0 amide bonds. The quantitative estimate of drug-likeness (QED) is 0.0347. The second-order valence-electron chi connectivity index (χ2n) is 19.0. The summed E-state index contributed by atoms with van der Waals surface area (Å²) in [5.41, 5.74) is 0. The summed E-state index contributed by atoms with van der Waals surface area (Å²) in [5.74, 6) is 1.24. The van der Waals surface area contributed by atoms with Gasteiger partial charge in [-0.15, -0.1) is 0 Å². The third-order valence-corrected chi connectivity index (χ3v) is 12.2. The van der Waals surface area contributed by atoms with Crippen molar-refractivity contribution in [3.8, 4) is 0 Å². The lowest BCUT2D eigenvalue weighted by molar-refractivity contribution is -0.187. The van der Waals surface area contributed by atoms with Crippen LogP contribution in [0, 0.1) is 11.8 Å². The molecule has 2 saturated heterocycles. The molecule has 380 valence electrons. The van der Waals surface area contributed by atoms with Gasteiger partial charge in [0.25, 0.3) is 0 Å². The van der Waals surface area contributed by atoms with Crippen LogP contribution in [-0.4, -0.2) is 91.0 Å². The number of cyclic esters (lactones) is 1. The van der Waals surface area contributed by atoms with Gasteiger partial charge in [0.05, 0.1) is 25.9 Å². The van der Waals surface area contributed by atoms with E-state index in [0.29, 0.717) is 49.3 Å². The van der Waals surface area contributed by atoms with Gasteiger partial charge in [-0.3, -0.25) is 4.79 Å². The van der Waals surface area contributed by atoms with E-state index in [-0.39, 0.29) is 17.9 Å². The zero-order chi connectivity index (χ0) is 48.1. The first-order valence-electron chi connectivity index (χ1n) is 26.6. The highest BCUT2D eigenvalue weighted by molar-refractivity contribution is 5.79. The summed E-state index contributed by atoms with van der Waals surface area (Å²) in [6.45, 7) is 17.5. The SMILES string of the molecule is CC(=O)C(C)O.CCC1CO1.CCCCCCCCCC(CCCCCCCC(C)=O)COCC1COC(C)C(=O)O1.CCCCCCCCCC(CO)CCCCCCCC(C)=O. The van der Waals surface area contributed by atoms with Crippen LogP contribution in [0.2, 0.25) is 0 Å². The minimum Gasteiger partial charge on any atom is -0.456 e. The molecule has 0 aromatic rings. The molecule has 0 saturated carbocycles. The molecule has 6 atom stereocenters. The Kier molecular flexibility index (Phi) is 48.0. The van der Waals surface area contributed by atoms with Crippen molar-refractivity contribution >= 4 is 23.3 Å². The number of rotatable bonds is 39.